The summed E-state index contributed by atoms with van der Waals surface area (Å²) >= 11 is -2.17. The average molecular weight is 134 g/mol. The van der Waals surface area contributed by atoms with Crippen LogP contribution in [0.3, 0.4) is 0 Å². The zero-order chi connectivity index (χ0) is 6.57. The molecule has 48 valence electrons. The monoisotopic (exact) mass is 134 g/mol. The lowest BCUT2D eigenvalue weighted by Crippen LogP contribution is -2.25. The van der Waals surface area contributed by atoms with Crippen LogP contribution < -0.4 is 4.72 Å². The highest BCUT2D eigenvalue weighted by Crippen LogP contribution is 1.79. The van der Waals surface area contributed by atoms with Crippen LogP contribution in [0.25, 0.3) is 0 Å². The van der Waals surface area contributed by atoms with E-state index in [4.69, 9.17) is 0 Å². The summed E-state index contributed by atoms with van der Waals surface area (Å²) in [5, 5.41) is 0. The zero-order valence-electron chi connectivity index (χ0n) is 4.59. The van der Waals surface area contributed by atoms with Crippen molar-refractivity contribution in [3.63, 3.8) is 0 Å². The summed E-state index contributed by atoms with van der Waals surface area (Å²) in [6.45, 7) is 5.08. The minimum absolute atomic E-state index is 0.173. The van der Waals surface area contributed by atoms with Crippen LogP contribution in [0.5, 0.6) is 0 Å². The number of rotatable bonds is 3. The van der Waals surface area contributed by atoms with Crippen molar-refractivity contribution in [3.05, 3.63) is 12.7 Å². The van der Waals surface area contributed by atoms with Crippen LogP contribution in [0.1, 0.15) is 6.92 Å². The van der Waals surface area contributed by atoms with Gasteiger partial charge in [0.2, 0.25) is 0 Å². The van der Waals surface area contributed by atoms with Gasteiger partial charge in [0.25, 0.3) is 0 Å². The smallest absolute Gasteiger partial charge is 0.0333 e. The van der Waals surface area contributed by atoms with Crippen molar-refractivity contribution in [2.24, 2.45) is 0 Å². The molecular weight excluding hydrogens is 126 g/mol. The highest BCUT2D eigenvalue weighted by Gasteiger charge is 1.89. The van der Waals surface area contributed by atoms with Crippen LogP contribution in [0.15, 0.2) is 12.7 Å². The molecular formula is C4H8NO2S-. The van der Waals surface area contributed by atoms with Crippen LogP contribution in [0.4, 0.5) is 0 Å². The first-order valence-electron chi connectivity index (χ1n) is 2.15. The molecule has 0 aromatic rings. The van der Waals surface area contributed by atoms with Crippen molar-refractivity contribution >= 4 is 11.3 Å². The summed E-state index contributed by atoms with van der Waals surface area (Å²) < 4.78 is 21.8. The highest BCUT2D eigenvalue weighted by molar-refractivity contribution is 7.77. The maximum Gasteiger partial charge on any atom is 0.0333 e. The van der Waals surface area contributed by atoms with E-state index < -0.39 is 11.3 Å². The fourth-order valence-electron chi connectivity index (χ4n) is 0.200. The second kappa shape index (κ2) is 3.77. The van der Waals surface area contributed by atoms with E-state index in [2.05, 4.69) is 11.3 Å². The fourth-order valence-corrected chi connectivity index (χ4v) is 0.600. The molecule has 0 aromatic carbocycles. The Bertz CT molecular complexity index is 104. The molecule has 2 atom stereocenters. The van der Waals surface area contributed by atoms with E-state index in [1.165, 1.54) is 6.08 Å². The van der Waals surface area contributed by atoms with Crippen LogP contribution in [-0.4, -0.2) is 14.8 Å². The highest BCUT2D eigenvalue weighted by atomic mass is 32.2. The van der Waals surface area contributed by atoms with Gasteiger partial charge >= 0.3 is 0 Å². The van der Waals surface area contributed by atoms with E-state index in [9.17, 15) is 8.76 Å². The van der Waals surface area contributed by atoms with Crippen molar-refractivity contribution in [3.8, 4) is 0 Å². The molecule has 0 amide bonds. The summed E-state index contributed by atoms with van der Waals surface area (Å²) in [7, 11) is 0. The topological polar surface area (TPSA) is 52.2 Å². The Hall–Kier alpha value is -0.190. The Morgan fingerprint density at radius 3 is 2.62 bits per heavy atom. The van der Waals surface area contributed by atoms with Gasteiger partial charge in [0, 0.05) is 17.3 Å². The Morgan fingerprint density at radius 2 is 2.50 bits per heavy atom. The number of hydrogen-bond donors (Lipinski definition) is 1. The first-order chi connectivity index (χ1) is 3.66. The number of nitrogens with one attached hydrogen (secondary N) is 1. The third kappa shape index (κ3) is 3.98. The average Bonchev–Trinajstić information content (AvgIpc) is 1.65. The van der Waals surface area contributed by atoms with Crippen LogP contribution in [-0.2, 0) is 11.3 Å². The Morgan fingerprint density at radius 1 is 2.00 bits per heavy atom. The Balaban J connectivity index is 3.38. The largest absolute Gasteiger partial charge is 0.760 e. The predicted molar refractivity (Wildman–Crippen MR) is 31.7 cm³/mol. The molecule has 0 saturated carbocycles. The van der Waals surface area contributed by atoms with E-state index in [0.29, 0.717) is 0 Å². The van der Waals surface area contributed by atoms with Gasteiger partial charge in [-0.2, -0.15) is 0 Å². The lowest BCUT2D eigenvalue weighted by atomic mass is 10.4. The van der Waals surface area contributed by atoms with E-state index >= 15 is 0 Å². The van der Waals surface area contributed by atoms with Gasteiger partial charge in [-0.15, -0.1) is 6.58 Å². The van der Waals surface area contributed by atoms with Crippen molar-refractivity contribution in [2.45, 2.75) is 13.0 Å². The Kier molecular flexibility index (Phi) is 3.68. The van der Waals surface area contributed by atoms with Gasteiger partial charge in [-0.1, -0.05) is 6.08 Å². The Labute approximate surface area is 51.2 Å². The van der Waals surface area contributed by atoms with Gasteiger partial charge < -0.3 is 4.55 Å². The molecule has 3 nitrogen and oxygen atoms in total. The maximum atomic E-state index is 9.81. The number of hydrogen-bond acceptors (Lipinski definition) is 2. The van der Waals surface area contributed by atoms with E-state index in [0.717, 1.165) is 0 Å². The fraction of sp³-hybridized carbons (Fsp3) is 0.500. The van der Waals surface area contributed by atoms with Crippen molar-refractivity contribution in [1.82, 2.24) is 4.72 Å². The van der Waals surface area contributed by atoms with Crippen LogP contribution in [0, 0.1) is 0 Å². The van der Waals surface area contributed by atoms with Crippen LogP contribution in [0.2, 0.25) is 0 Å². The van der Waals surface area contributed by atoms with E-state index in [-0.39, 0.29) is 6.04 Å². The van der Waals surface area contributed by atoms with Gasteiger partial charge in [0.1, 0.15) is 0 Å². The quantitative estimate of drug-likeness (QED) is 0.434. The van der Waals surface area contributed by atoms with Gasteiger partial charge in [0.15, 0.2) is 0 Å². The minimum Gasteiger partial charge on any atom is -0.760 e. The third-order valence-electron chi connectivity index (χ3n) is 0.636. The van der Waals surface area contributed by atoms with Crippen molar-refractivity contribution in [1.29, 1.82) is 0 Å². The summed E-state index contributed by atoms with van der Waals surface area (Å²) in [6.07, 6.45) is 1.51. The maximum absolute atomic E-state index is 9.81. The molecule has 0 bridgehead atoms. The van der Waals surface area contributed by atoms with Crippen molar-refractivity contribution in [2.75, 3.05) is 0 Å². The SMILES string of the molecule is C=CC(C)NS(=O)[O-]. The molecule has 0 rings (SSSR count). The summed E-state index contributed by atoms with van der Waals surface area (Å²) in [6, 6.07) is -0.173. The molecule has 0 saturated heterocycles. The molecule has 0 aliphatic carbocycles. The van der Waals surface area contributed by atoms with Gasteiger partial charge in [0.05, 0.1) is 0 Å². The molecule has 0 spiro atoms. The second-order valence-electron chi connectivity index (χ2n) is 1.38. The zero-order valence-corrected chi connectivity index (χ0v) is 5.40. The van der Waals surface area contributed by atoms with Crippen LogP contribution >= 0.6 is 0 Å². The lowest BCUT2D eigenvalue weighted by Gasteiger charge is -2.09. The second-order valence-corrected chi connectivity index (χ2v) is 2.08. The molecule has 0 aromatic heterocycles. The molecule has 0 radical (unpaired) electrons. The lowest BCUT2D eigenvalue weighted by molar-refractivity contribution is 0.518. The standard InChI is InChI=1S/C4H9NO2S/c1-3-4(2)5-8(6)7/h3-5H,1H2,2H3,(H,6,7)/p-1. The van der Waals surface area contributed by atoms with Gasteiger partial charge in [-0.05, 0) is 6.92 Å². The summed E-state index contributed by atoms with van der Waals surface area (Å²) in [5.41, 5.74) is 0. The molecule has 8 heavy (non-hydrogen) atoms. The molecule has 0 heterocycles. The van der Waals surface area contributed by atoms with Gasteiger partial charge in [-0.3, -0.25) is 4.21 Å². The minimum atomic E-state index is -2.17. The molecule has 1 N–H and O–H groups in total. The van der Waals surface area contributed by atoms with Gasteiger partial charge in [-0.25, -0.2) is 4.72 Å². The van der Waals surface area contributed by atoms with E-state index in [1.54, 1.807) is 6.92 Å². The first kappa shape index (κ1) is 7.81. The summed E-state index contributed by atoms with van der Waals surface area (Å²) in [5.74, 6) is 0. The molecule has 0 fully saturated rings. The van der Waals surface area contributed by atoms with Crippen molar-refractivity contribution < 1.29 is 8.76 Å². The molecule has 4 heteroatoms. The first-order valence-corrected chi connectivity index (χ1v) is 3.22. The normalized spacial score (nSPS) is 17.2. The molecule has 0 aliphatic rings. The molecule has 2 unspecified atom stereocenters. The van der Waals surface area contributed by atoms with E-state index in [1.807, 2.05) is 0 Å². The third-order valence-corrected chi connectivity index (χ3v) is 1.20. The predicted octanol–water partition coefficient (Wildman–Crippen LogP) is -0.0554. The molecule has 0 aliphatic heterocycles. The summed E-state index contributed by atoms with van der Waals surface area (Å²) in [4.78, 5) is 0.